The van der Waals surface area contributed by atoms with Crippen molar-refractivity contribution in [3.05, 3.63) is 23.8 Å². The Balaban J connectivity index is 3.47. The van der Waals surface area contributed by atoms with Gasteiger partial charge in [0.25, 0.3) is 0 Å². The number of hydrogen-bond donors (Lipinski definition) is 2. The van der Waals surface area contributed by atoms with Crippen LogP contribution < -0.4 is 11.3 Å². The van der Waals surface area contributed by atoms with E-state index >= 15 is 0 Å². The maximum Gasteiger partial charge on any atom is 0.177 e. The second-order valence-electron chi connectivity index (χ2n) is 2.74. The fraction of sp³-hybridized carbons (Fsp3) is 0.125. The summed E-state index contributed by atoms with van der Waals surface area (Å²) in [4.78, 5) is 0.0269. The number of nitrogens with zero attached hydrogens (tertiary/aromatic N) is 1. The van der Waals surface area contributed by atoms with Gasteiger partial charge < -0.3 is 5.43 Å². The van der Waals surface area contributed by atoms with Crippen LogP contribution in [0, 0.1) is 11.3 Å². The first-order valence-corrected chi connectivity index (χ1v) is 5.59. The van der Waals surface area contributed by atoms with E-state index in [1.807, 2.05) is 6.07 Å². The first-order chi connectivity index (χ1) is 6.49. The molecular formula is C8H9N3O2S. The average Bonchev–Trinajstić information content (AvgIpc) is 2.15. The van der Waals surface area contributed by atoms with Crippen molar-refractivity contribution in [2.24, 2.45) is 5.84 Å². The quantitative estimate of drug-likeness (QED) is 0.540. The van der Waals surface area contributed by atoms with Gasteiger partial charge in [-0.05, 0) is 18.2 Å². The molecule has 0 unspecified atom stereocenters. The van der Waals surface area contributed by atoms with Crippen LogP contribution in [0.1, 0.15) is 5.56 Å². The van der Waals surface area contributed by atoms with E-state index in [9.17, 15) is 8.42 Å². The van der Waals surface area contributed by atoms with Crippen LogP contribution in [-0.2, 0) is 9.84 Å². The zero-order valence-corrected chi connectivity index (χ0v) is 8.30. The van der Waals surface area contributed by atoms with Gasteiger partial charge in [-0.2, -0.15) is 5.26 Å². The van der Waals surface area contributed by atoms with E-state index in [1.54, 1.807) is 0 Å². The number of anilines is 1. The summed E-state index contributed by atoms with van der Waals surface area (Å²) < 4.78 is 22.6. The molecule has 0 fully saturated rings. The Morgan fingerprint density at radius 2 is 2.14 bits per heavy atom. The van der Waals surface area contributed by atoms with Crippen molar-refractivity contribution >= 4 is 15.5 Å². The highest BCUT2D eigenvalue weighted by Gasteiger charge is 2.13. The van der Waals surface area contributed by atoms with Gasteiger partial charge in [0.15, 0.2) is 9.84 Å². The van der Waals surface area contributed by atoms with Crippen molar-refractivity contribution in [1.29, 1.82) is 5.26 Å². The summed E-state index contributed by atoms with van der Waals surface area (Å²) in [6, 6.07) is 6.08. The zero-order valence-electron chi connectivity index (χ0n) is 7.48. The molecule has 74 valence electrons. The lowest BCUT2D eigenvalue weighted by Crippen LogP contribution is -2.11. The topological polar surface area (TPSA) is 96.0 Å². The van der Waals surface area contributed by atoms with Crippen LogP contribution in [0.3, 0.4) is 0 Å². The Labute approximate surface area is 82.0 Å². The van der Waals surface area contributed by atoms with Crippen LogP contribution >= 0.6 is 0 Å². The van der Waals surface area contributed by atoms with E-state index in [-0.39, 0.29) is 16.1 Å². The van der Waals surface area contributed by atoms with E-state index < -0.39 is 9.84 Å². The smallest absolute Gasteiger partial charge is 0.177 e. The van der Waals surface area contributed by atoms with Crippen LogP contribution in [0.2, 0.25) is 0 Å². The number of nitrogen functional groups attached to an aromatic ring is 1. The van der Waals surface area contributed by atoms with Crippen molar-refractivity contribution in [1.82, 2.24) is 0 Å². The molecule has 3 N–H and O–H groups in total. The van der Waals surface area contributed by atoms with Crippen molar-refractivity contribution < 1.29 is 8.42 Å². The molecule has 0 amide bonds. The highest BCUT2D eigenvalue weighted by molar-refractivity contribution is 7.90. The van der Waals surface area contributed by atoms with Crippen LogP contribution in [-0.4, -0.2) is 14.7 Å². The minimum Gasteiger partial charge on any atom is -0.323 e. The molecule has 0 spiro atoms. The standard InChI is InChI=1S/C8H9N3O2S/c1-14(12,13)8-4-6(5-9)2-3-7(8)11-10/h2-4,11H,10H2,1H3. The van der Waals surface area contributed by atoms with Gasteiger partial charge in [0, 0.05) is 6.26 Å². The summed E-state index contributed by atoms with van der Waals surface area (Å²) >= 11 is 0. The van der Waals surface area contributed by atoms with Gasteiger partial charge in [-0.15, -0.1) is 0 Å². The molecule has 0 bridgehead atoms. The number of hydrazine groups is 1. The molecule has 0 saturated carbocycles. The molecule has 0 heterocycles. The number of nitrogens with one attached hydrogen (secondary N) is 1. The molecular weight excluding hydrogens is 202 g/mol. The van der Waals surface area contributed by atoms with E-state index in [0.29, 0.717) is 0 Å². The molecule has 0 aromatic heterocycles. The molecule has 0 saturated heterocycles. The van der Waals surface area contributed by atoms with Gasteiger partial charge in [0.05, 0.1) is 22.2 Å². The monoisotopic (exact) mass is 211 g/mol. The van der Waals surface area contributed by atoms with Gasteiger partial charge >= 0.3 is 0 Å². The normalized spacial score (nSPS) is 10.6. The van der Waals surface area contributed by atoms with E-state index in [1.165, 1.54) is 18.2 Å². The Kier molecular flexibility index (Phi) is 2.74. The third kappa shape index (κ3) is 2.02. The molecule has 1 aromatic rings. The Hall–Kier alpha value is -1.58. The number of nitriles is 1. The van der Waals surface area contributed by atoms with Crippen LogP contribution in [0.4, 0.5) is 5.69 Å². The lowest BCUT2D eigenvalue weighted by molar-refractivity contribution is 0.602. The third-order valence-corrected chi connectivity index (χ3v) is 2.80. The first-order valence-electron chi connectivity index (χ1n) is 3.70. The molecule has 5 nitrogen and oxygen atoms in total. The fourth-order valence-corrected chi connectivity index (χ4v) is 1.89. The summed E-state index contributed by atoms with van der Waals surface area (Å²) in [6.07, 6.45) is 1.06. The Morgan fingerprint density at radius 3 is 2.57 bits per heavy atom. The maximum atomic E-state index is 11.3. The largest absolute Gasteiger partial charge is 0.323 e. The van der Waals surface area contributed by atoms with Gasteiger partial charge in [-0.3, -0.25) is 5.84 Å². The molecule has 0 aliphatic heterocycles. The molecule has 1 rings (SSSR count). The van der Waals surface area contributed by atoms with Crippen LogP contribution in [0.5, 0.6) is 0 Å². The maximum absolute atomic E-state index is 11.3. The highest BCUT2D eigenvalue weighted by atomic mass is 32.2. The molecule has 0 atom stereocenters. The van der Waals surface area contributed by atoms with E-state index in [4.69, 9.17) is 11.1 Å². The number of nitrogens with two attached hydrogens (primary N) is 1. The molecule has 0 radical (unpaired) electrons. The first kappa shape index (κ1) is 10.5. The van der Waals surface area contributed by atoms with Crippen molar-refractivity contribution in [3.63, 3.8) is 0 Å². The molecule has 1 aromatic carbocycles. The van der Waals surface area contributed by atoms with E-state index in [2.05, 4.69) is 5.43 Å². The number of hydrogen-bond acceptors (Lipinski definition) is 5. The third-order valence-electron chi connectivity index (χ3n) is 1.67. The predicted molar refractivity (Wildman–Crippen MR) is 52.1 cm³/mol. The highest BCUT2D eigenvalue weighted by Crippen LogP contribution is 2.21. The summed E-state index contributed by atoms with van der Waals surface area (Å²) in [5.41, 5.74) is 2.83. The van der Waals surface area contributed by atoms with Crippen molar-refractivity contribution in [2.75, 3.05) is 11.7 Å². The van der Waals surface area contributed by atoms with Crippen molar-refractivity contribution in [3.8, 4) is 6.07 Å². The van der Waals surface area contributed by atoms with Gasteiger partial charge in [-0.1, -0.05) is 0 Å². The van der Waals surface area contributed by atoms with Gasteiger partial charge in [-0.25, -0.2) is 8.42 Å². The Morgan fingerprint density at radius 1 is 1.50 bits per heavy atom. The second-order valence-corrected chi connectivity index (χ2v) is 4.72. The Bertz CT molecular complexity index is 488. The van der Waals surface area contributed by atoms with Gasteiger partial charge in [0.1, 0.15) is 0 Å². The second kappa shape index (κ2) is 3.65. The molecule has 6 heteroatoms. The minimum atomic E-state index is -3.37. The van der Waals surface area contributed by atoms with Crippen LogP contribution in [0.25, 0.3) is 0 Å². The lowest BCUT2D eigenvalue weighted by Gasteiger charge is -2.06. The summed E-state index contributed by atoms with van der Waals surface area (Å²) in [5, 5.41) is 8.59. The predicted octanol–water partition coefficient (Wildman–Crippen LogP) is 0.247. The summed E-state index contributed by atoms with van der Waals surface area (Å²) in [5.74, 6) is 5.14. The average molecular weight is 211 g/mol. The molecule has 14 heavy (non-hydrogen) atoms. The number of sulfone groups is 1. The van der Waals surface area contributed by atoms with E-state index in [0.717, 1.165) is 6.26 Å². The zero-order chi connectivity index (χ0) is 10.8. The van der Waals surface area contributed by atoms with Crippen LogP contribution in [0.15, 0.2) is 23.1 Å². The summed E-state index contributed by atoms with van der Waals surface area (Å²) in [6.45, 7) is 0. The number of rotatable bonds is 2. The summed E-state index contributed by atoms with van der Waals surface area (Å²) in [7, 11) is -3.37. The number of benzene rings is 1. The van der Waals surface area contributed by atoms with Crippen molar-refractivity contribution in [2.45, 2.75) is 4.90 Å². The van der Waals surface area contributed by atoms with Gasteiger partial charge in [0.2, 0.25) is 0 Å². The molecule has 0 aliphatic carbocycles. The lowest BCUT2D eigenvalue weighted by atomic mass is 10.2. The fourth-order valence-electron chi connectivity index (χ4n) is 1.02. The molecule has 0 aliphatic rings. The minimum absolute atomic E-state index is 0.0269. The SMILES string of the molecule is CS(=O)(=O)c1cc(C#N)ccc1NN.